The molecule has 0 saturated heterocycles. The van der Waals surface area contributed by atoms with Gasteiger partial charge < -0.3 is 9.84 Å². The third kappa shape index (κ3) is 5.23. The van der Waals surface area contributed by atoms with Gasteiger partial charge in [0.05, 0.1) is 30.2 Å². The van der Waals surface area contributed by atoms with Gasteiger partial charge in [0.15, 0.2) is 5.16 Å². The number of thioether (sulfide) groups is 1. The lowest BCUT2D eigenvalue weighted by atomic mass is 10.2. The Morgan fingerprint density at radius 3 is 2.69 bits per heavy atom. The zero-order valence-corrected chi connectivity index (χ0v) is 17.4. The Morgan fingerprint density at radius 1 is 1.21 bits per heavy atom. The quantitative estimate of drug-likeness (QED) is 0.419. The molecule has 5 nitrogen and oxygen atoms in total. The van der Waals surface area contributed by atoms with Gasteiger partial charge in [0.25, 0.3) is 5.56 Å². The first-order valence-corrected chi connectivity index (χ1v) is 10.6. The zero-order valence-electron chi connectivity index (χ0n) is 16.5. The molecule has 2 aromatic carbocycles. The predicted octanol–water partition coefficient (Wildman–Crippen LogP) is 4.18. The van der Waals surface area contributed by atoms with E-state index in [-0.39, 0.29) is 30.6 Å². The van der Waals surface area contributed by atoms with Crippen LogP contribution in [0.25, 0.3) is 10.9 Å². The van der Waals surface area contributed by atoms with E-state index in [0.717, 1.165) is 6.42 Å². The maximum absolute atomic E-state index is 13.6. The average Bonchev–Trinajstić information content (AvgIpc) is 2.73. The van der Waals surface area contributed by atoms with Crippen LogP contribution in [-0.2, 0) is 11.3 Å². The molecule has 3 rings (SSSR count). The van der Waals surface area contributed by atoms with E-state index in [1.54, 1.807) is 28.8 Å². The van der Waals surface area contributed by atoms with E-state index in [0.29, 0.717) is 27.4 Å². The molecule has 0 amide bonds. The summed E-state index contributed by atoms with van der Waals surface area (Å²) < 4.78 is 20.8. The Balaban J connectivity index is 1.67. The number of para-hydroxylation sites is 1. The summed E-state index contributed by atoms with van der Waals surface area (Å²) in [4.78, 5) is 17.6. The van der Waals surface area contributed by atoms with Crippen LogP contribution in [0.3, 0.4) is 0 Å². The van der Waals surface area contributed by atoms with E-state index >= 15 is 0 Å². The highest BCUT2D eigenvalue weighted by Gasteiger charge is 2.17. The van der Waals surface area contributed by atoms with Crippen LogP contribution >= 0.6 is 11.8 Å². The largest absolute Gasteiger partial charge is 0.390 e. The molecule has 1 aromatic heterocycles. The second-order valence-electron chi connectivity index (χ2n) is 6.92. The Labute approximate surface area is 173 Å². The van der Waals surface area contributed by atoms with Crippen LogP contribution in [0.15, 0.2) is 58.5 Å². The van der Waals surface area contributed by atoms with Crippen LogP contribution in [0, 0.1) is 5.82 Å². The minimum atomic E-state index is -0.763. The first kappa shape index (κ1) is 21.5. The monoisotopic (exact) mass is 416 g/mol. The Kier molecular flexibility index (Phi) is 7.41. The lowest BCUT2D eigenvalue weighted by Gasteiger charge is -2.19. The fraction of sp³-hybridized carbons (Fsp3) is 0.364. The highest BCUT2D eigenvalue weighted by molar-refractivity contribution is 7.99. The van der Waals surface area contributed by atoms with Gasteiger partial charge in [-0.2, -0.15) is 0 Å². The molecule has 0 unspecified atom stereocenters. The van der Waals surface area contributed by atoms with Crippen LogP contribution in [-0.4, -0.2) is 33.1 Å². The van der Waals surface area contributed by atoms with Gasteiger partial charge in [-0.25, -0.2) is 9.37 Å². The van der Waals surface area contributed by atoms with Gasteiger partial charge >= 0.3 is 0 Å². The molecular formula is C22H25FN2O3S. The topological polar surface area (TPSA) is 64.3 Å². The Bertz CT molecular complexity index is 1020. The summed E-state index contributed by atoms with van der Waals surface area (Å²) in [7, 11) is 0. The number of benzene rings is 2. The molecule has 29 heavy (non-hydrogen) atoms. The number of aliphatic hydroxyl groups excluding tert-OH is 1. The van der Waals surface area contributed by atoms with Crippen molar-refractivity contribution in [2.75, 3.05) is 12.4 Å². The molecule has 0 saturated carbocycles. The standard InChI is InChI=1S/C22H25FN2O3S/c1-3-15(2)25-21(27)18-9-5-7-11-20(18)24-22(25)29-14-17(26)13-28-12-16-8-4-6-10-19(16)23/h4-11,15,17,26H,3,12-14H2,1-2H3/t15-,17-/m1/s1. The number of ether oxygens (including phenoxy) is 1. The van der Waals surface area contributed by atoms with Crippen molar-refractivity contribution in [2.45, 2.75) is 44.2 Å². The molecule has 3 aromatic rings. The van der Waals surface area contributed by atoms with Crippen LogP contribution in [0.2, 0.25) is 0 Å². The molecule has 0 bridgehead atoms. The lowest BCUT2D eigenvalue weighted by Crippen LogP contribution is -2.27. The van der Waals surface area contributed by atoms with Crippen molar-refractivity contribution in [3.63, 3.8) is 0 Å². The summed E-state index contributed by atoms with van der Waals surface area (Å²) in [5.41, 5.74) is 1.02. The number of halogens is 1. The number of fused-ring (bicyclic) bond motifs is 1. The van der Waals surface area contributed by atoms with Crippen LogP contribution in [0.1, 0.15) is 31.9 Å². The fourth-order valence-corrected chi connectivity index (χ4v) is 3.94. The molecule has 2 atom stereocenters. The van der Waals surface area contributed by atoms with Gasteiger partial charge in [-0.15, -0.1) is 0 Å². The van der Waals surface area contributed by atoms with Crippen LogP contribution in [0.5, 0.6) is 0 Å². The molecule has 7 heteroatoms. The van der Waals surface area contributed by atoms with Crippen molar-refractivity contribution in [2.24, 2.45) is 0 Å². The first-order chi connectivity index (χ1) is 14.0. The van der Waals surface area contributed by atoms with E-state index in [4.69, 9.17) is 4.74 Å². The van der Waals surface area contributed by atoms with Gasteiger partial charge in [0, 0.05) is 17.4 Å². The number of hydrogen-bond acceptors (Lipinski definition) is 5. The second kappa shape index (κ2) is 10.0. The summed E-state index contributed by atoms with van der Waals surface area (Å²) >= 11 is 1.33. The van der Waals surface area contributed by atoms with E-state index in [9.17, 15) is 14.3 Å². The number of rotatable bonds is 9. The van der Waals surface area contributed by atoms with Crippen LogP contribution in [0.4, 0.5) is 4.39 Å². The molecule has 0 aliphatic rings. The summed E-state index contributed by atoms with van der Waals surface area (Å²) in [6.07, 6.45) is 0.0300. The summed E-state index contributed by atoms with van der Waals surface area (Å²) in [5, 5.41) is 11.4. The molecule has 0 spiro atoms. The molecule has 0 aliphatic carbocycles. The van der Waals surface area contributed by atoms with Crippen molar-refractivity contribution in [1.29, 1.82) is 0 Å². The smallest absolute Gasteiger partial charge is 0.262 e. The Hall–Kier alpha value is -2.22. The summed E-state index contributed by atoms with van der Waals surface area (Å²) in [5.74, 6) is -0.00678. The van der Waals surface area contributed by atoms with Crippen molar-refractivity contribution in [3.05, 3.63) is 70.3 Å². The molecule has 1 N–H and O–H groups in total. The van der Waals surface area contributed by atoms with Gasteiger partial charge in [-0.3, -0.25) is 9.36 Å². The van der Waals surface area contributed by atoms with Gasteiger partial charge in [0.1, 0.15) is 5.82 Å². The molecule has 154 valence electrons. The third-order valence-electron chi connectivity index (χ3n) is 4.74. The minimum absolute atomic E-state index is 0.00319. The van der Waals surface area contributed by atoms with Crippen molar-refractivity contribution in [1.82, 2.24) is 9.55 Å². The van der Waals surface area contributed by atoms with Crippen molar-refractivity contribution in [3.8, 4) is 0 Å². The van der Waals surface area contributed by atoms with Crippen molar-refractivity contribution >= 4 is 22.7 Å². The lowest BCUT2D eigenvalue weighted by molar-refractivity contribution is 0.0386. The van der Waals surface area contributed by atoms with E-state index in [1.807, 2.05) is 32.0 Å². The normalized spacial score (nSPS) is 13.5. The second-order valence-corrected chi connectivity index (χ2v) is 7.90. The molecule has 0 fully saturated rings. The minimum Gasteiger partial charge on any atom is -0.390 e. The first-order valence-electron chi connectivity index (χ1n) is 9.64. The number of aliphatic hydroxyl groups is 1. The molecule has 0 aliphatic heterocycles. The SMILES string of the molecule is CC[C@@H](C)n1c(SC[C@H](O)COCc2ccccc2F)nc2ccccc2c1=O. The maximum atomic E-state index is 13.6. The fourth-order valence-electron chi connectivity index (χ4n) is 2.94. The van der Waals surface area contributed by atoms with E-state index in [1.165, 1.54) is 17.8 Å². The maximum Gasteiger partial charge on any atom is 0.262 e. The molecular weight excluding hydrogens is 391 g/mol. The molecule has 0 radical (unpaired) electrons. The summed E-state index contributed by atoms with van der Waals surface area (Å²) in [6.45, 7) is 4.17. The number of hydrogen-bond donors (Lipinski definition) is 1. The third-order valence-corrected chi connectivity index (χ3v) is 5.84. The summed E-state index contributed by atoms with van der Waals surface area (Å²) in [6, 6.07) is 13.7. The van der Waals surface area contributed by atoms with Crippen molar-refractivity contribution < 1.29 is 14.2 Å². The highest BCUT2D eigenvalue weighted by atomic mass is 32.2. The number of aromatic nitrogens is 2. The van der Waals surface area contributed by atoms with Crippen LogP contribution < -0.4 is 5.56 Å². The van der Waals surface area contributed by atoms with E-state index < -0.39 is 6.10 Å². The Morgan fingerprint density at radius 2 is 1.93 bits per heavy atom. The molecule has 1 heterocycles. The zero-order chi connectivity index (χ0) is 20.8. The predicted molar refractivity (Wildman–Crippen MR) is 114 cm³/mol. The van der Waals surface area contributed by atoms with Gasteiger partial charge in [-0.05, 0) is 31.5 Å². The average molecular weight is 417 g/mol. The number of nitrogens with zero attached hydrogens (tertiary/aromatic N) is 2. The highest BCUT2D eigenvalue weighted by Crippen LogP contribution is 2.23. The van der Waals surface area contributed by atoms with Gasteiger partial charge in [-0.1, -0.05) is 49.0 Å². The van der Waals surface area contributed by atoms with Gasteiger partial charge in [0.2, 0.25) is 0 Å². The van der Waals surface area contributed by atoms with E-state index in [2.05, 4.69) is 4.98 Å².